The van der Waals surface area contributed by atoms with Crippen LogP contribution in [0.4, 0.5) is 10.5 Å². The van der Waals surface area contributed by atoms with Crippen molar-refractivity contribution in [3.63, 3.8) is 0 Å². The molecule has 0 radical (unpaired) electrons. The summed E-state index contributed by atoms with van der Waals surface area (Å²) in [4.78, 5) is 13.9. The molecule has 1 fully saturated rings. The van der Waals surface area contributed by atoms with Crippen molar-refractivity contribution >= 4 is 23.3 Å². The highest BCUT2D eigenvalue weighted by molar-refractivity contribution is 6.30. The van der Waals surface area contributed by atoms with Gasteiger partial charge in [-0.05, 0) is 43.0 Å². The molecule has 17 heavy (non-hydrogen) atoms. The van der Waals surface area contributed by atoms with Crippen molar-refractivity contribution in [1.29, 1.82) is 0 Å². The van der Waals surface area contributed by atoms with Gasteiger partial charge in [0.25, 0.3) is 0 Å². The van der Waals surface area contributed by atoms with Crippen LogP contribution in [-0.2, 0) is 0 Å². The van der Waals surface area contributed by atoms with Crippen molar-refractivity contribution in [1.82, 2.24) is 4.90 Å². The van der Waals surface area contributed by atoms with Crippen molar-refractivity contribution in [2.24, 2.45) is 5.92 Å². The number of amides is 2. The van der Waals surface area contributed by atoms with Crippen LogP contribution < -0.4 is 5.32 Å². The van der Waals surface area contributed by atoms with Crippen LogP contribution >= 0.6 is 11.6 Å². The molecule has 92 valence electrons. The number of hydrogen-bond donors (Lipinski definition) is 1. The van der Waals surface area contributed by atoms with E-state index >= 15 is 0 Å². The minimum Gasteiger partial charge on any atom is -0.324 e. The topological polar surface area (TPSA) is 32.3 Å². The summed E-state index contributed by atoms with van der Waals surface area (Å²) >= 11 is 5.79. The number of carbonyl (C=O) groups excluding carboxylic acids is 1. The average molecular weight is 253 g/mol. The van der Waals surface area contributed by atoms with Gasteiger partial charge in [0.15, 0.2) is 0 Å². The van der Waals surface area contributed by atoms with Gasteiger partial charge in [-0.1, -0.05) is 18.5 Å². The number of nitrogens with zero attached hydrogens (tertiary/aromatic N) is 1. The van der Waals surface area contributed by atoms with E-state index in [-0.39, 0.29) is 6.03 Å². The zero-order valence-corrected chi connectivity index (χ0v) is 10.7. The normalized spacial score (nSPS) is 20.1. The second-order valence-corrected chi connectivity index (χ2v) is 5.07. The van der Waals surface area contributed by atoms with Gasteiger partial charge in [0.2, 0.25) is 0 Å². The van der Waals surface area contributed by atoms with E-state index in [9.17, 15) is 4.79 Å². The lowest BCUT2D eigenvalue weighted by molar-refractivity contribution is 0.182. The Morgan fingerprint density at radius 3 is 2.76 bits per heavy atom. The number of rotatable bonds is 1. The van der Waals surface area contributed by atoms with E-state index in [0.717, 1.165) is 25.2 Å². The fourth-order valence-electron chi connectivity index (χ4n) is 2.11. The number of benzene rings is 1. The predicted octanol–water partition coefficient (Wildman–Crippen LogP) is 3.60. The molecule has 1 unspecified atom stereocenters. The van der Waals surface area contributed by atoms with Crippen LogP contribution in [0.1, 0.15) is 19.8 Å². The Morgan fingerprint density at radius 2 is 2.12 bits per heavy atom. The number of halogens is 1. The maximum atomic E-state index is 12.0. The minimum atomic E-state index is -0.0149. The van der Waals surface area contributed by atoms with Crippen LogP contribution in [0.25, 0.3) is 0 Å². The van der Waals surface area contributed by atoms with Crippen molar-refractivity contribution in [2.75, 3.05) is 18.4 Å². The highest BCUT2D eigenvalue weighted by Crippen LogP contribution is 2.18. The molecule has 1 aromatic carbocycles. The van der Waals surface area contributed by atoms with Crippen LogP contribution in [0.2, 0.25) is 5.02 Å². The smallest absolute Gasteiger partial charge is 0.321 e. The minimum absolute atomic E-state index is 0.0149. The summed E-state index contributed by atoms with van der Waals surface area (Å²) in [6.45, 7) is 3.88. The Bertz CT molecular complexity index is 391. The molecule has 1 aliphatic heterocycles. The molecule has 2 rings (SSSR count). The summed E-state index contributed by atoms with van der Waals surface area (Å²) in [6.07, 6.45) is 2.31. The molecular weight excluding hydrogens is 236 g/mol. The number of likely N-dealkylation sites (tertiary alicyclic amines) is 1. The van der Waals surface area contributed by atoms with Crippen LogP contribution in [0.15, 0.2) is 24.3 Å². The lowest BCUT2D eigenvalue weighted by Crippen LogP contribution is -2.41. The summed E-state index contributed by atoms with van der Waals surface area (Å²) in [6, 6.07) is 7.16. The molecule has 1 heterocycles. The Kier molecular flexibility index (Phi) is 3.89. The van der Waals surface area contributed by atoms with E-state index in [0.29, 0.717) is 10.9 Å². The van der Waals surface area contributed by atoms with E-state index in [4.69, 9.17) is 11.6 Å². The molecule has 4 heteroatoms. The Hall–Kier alpha value is -1.22. The lowest BCUT2D eigenvalue weighted by atomic mass is 10.0. The molecule has 1 aromatic rings. The van der Waals surface area contributed by atoms with Gasteiger partial charge in [-0.3, -0.25) is 0 Å². The standard InChI is InChI=1S/C13H17ClN2O/c1-10-3-2-8-16(9-10)13(17)15-12-6-4-11(14)5-7-12/h4-7,10H,2-3,8-9H2,1H3,(H,15,17). The van der Waals surface area contributed by atoms with Gasteiger partial charge >= 0.3 is 6.03 Å². The summed E-state index contributed by atoms with van der Waals surface area (Å²) < 4.78 is 0. The number of nitrogens with one attached hydrogen (secondary N) is 1. The quantitative estimate of drug-likeness (QED) is 0.814. The Morgan fingerprint density at radius 1 is 1.41 bits per heavy atom. The van der Waals surface area contributed by atoms with Crippen molar-refractivity contribution in [2.45, 2.75) is 19.8 Å². The first kappa shape index (κ1) is 12.2. The van der Waals surface area contributed by atoms with Crippen molar-refractivity contribution in [3.8, 4) is 0 Å². The van der Waals surface area contributed by atoms with Crippen LogP contribution in [0.3, 0.4) is 0 Å². The molecule has 1 aliphatic rings. The molecule has 1 saturated heterocycles. The number of hydrogen-bond acceptors (Lipinski definition) is 1. The number of carbonyl (C=O) groups is 1. The second kappa shape index (κ2) is 5.41. The molecule has 0 saturated carbocycles. The largest absolute Gasteiger partial charge is 0.324 e. The number of urea groups is 1. The highest BCUT2D eigenvalue weighted by atomic mass is 35.5. The molecule has 2 amide bonds. The molecule has 0 aromatic heterocycles. The summed E-state index contributed by atoms with van der Waals surface area (Å²) in [5, 5.41) is 3.56. The average Bonchev–Trinajstić information content (AvgIpc) is 2.32. The lowest BCUT2D eigenvalue weighted by Gasteiger charge is -2.30. The second-order valence-electron chi connectivity index (χ2n) is 4.63. The summed E-state index contributed by atoms with van der Waals surface area (Å²) in [5.41, 5.74) is 0.789. The first-order valence-corrected chi connectivity index (χ1v) is 6.34. The zero-order valence-electron chi connectivity index (χ0n) is 9.95. The molecular formula is C13H17ClN2O. The third kappa shape index (κ3) is 3.37. The Labute approximate surface area is 107 Å². The third-order valence-corrected chi connectivity index (χ3v) is 3.29. The van der Waals surface area contributed by atoms with E-state index in [1.165, 1.54) is 6.42 Å². The summed E-state index contributed by atoms with van der Waals surface area (Å²) in [7, 11) is 0. The first-order chi connectivity index (χ1) is 8.15. The molecule has 1 N–H and O–H groups in total. The van der Waals surface area contributed by atoms with E-state index in [2.05, 4.69) is 12.2 Å². The van der Waals surface area contributed by atoms with Crippen LogP contribution in [0, 0.1) is 5.92 Å². The molecule has 0 aliphatic carbocycles. The van der Waals surface area contributed by atoms with Gasteiger partial charge in [-0.15, -0.1) is 0 Å². The third-order valence-electron chi connectivity index (χ3n) is 3.04. The van der Waals surface area contributed by atoms with E-state index in [1.807, 2.05) is 17.0 Å². The fraction of sp³-hybridized carbons (Fsp3) is 0.462. The monoisotopic (exact) mass is 252 g/mol. The number of anilines is 1. The predicted molar refractivity (Wildman–Crippen MR) is 70.4 cm³/mol. The molecule has 3 nitrogen and oxygen atoms in total. The van der Waals surface area contributed by atoms with Gasteiger partial charge in [0.05, 0.1) is 0 Å². The van der Waals surface area contributed by atoms with Gasteiger partial charge in [-0.25, -0.2) is 4.79 Å². The first-order valence-electron chi connectivity index (χ1n) is 5.96. The van der Waals surface area contributed by atoms with Crippen molar-refractivity contribution in [3.05, 3.63) is 29.3 Å². The maximum Gasteiger partial charge on any atom is 0.321 e. The highest BCUT2D eigenvalue weighted by Gasteiger charge is 2.20. The van der Waals surface area contributed by atoms with Crippen LogP contribution in [0.5, 0.6) is 0 Å². The SMILES string of the molecule is CC1CCCN(C(=O)Nc2ccc(Cl)cc2)C1. The fourth-order valence-corrected chi connectivity index (χ4v) is 2.24. The van der Waals surface area contributed by atoms with E-state index < -0.39 is 0 Å². The van der Waals surface area contributed by atoms with Gasteiger partial charge < -0.3 is 10.2 Å². The summed E-state index contributed by atoms with van der Waals surface area (Å²) in [5.74, 6) is 0.597. The molecule has 0 spiro atoms. The van der Waals surface area contributed by atoms with E-state index in [1.54, 1.807) is 12.1 Å². The van der Waals surface area contributed by atoms with Gasteiger partial charge in [-0.2, -0.15) is 0 Å². The molecule has 1 atom stereocenters. The van der Waals surface area contributed by atoms with Gasteiger partial charge in [0.1, 0.15) is 0 Å². The van der Waals surface area contributed by atoms with Crippen LogP contribution in [-0.4, -0.2) is 24.0 Å². The molecule has 0 bridgehead atoms. The maximum absolute atomic E-state index is 12.0. The van der Waals surface area contributed by atoms with Crippen molar-refractivity contribution < 1.29 is 4.79 Å². The zero-order chi connectivity index (χ0) is 12.3. The van der Waals surface area contributed by atoms with Gasteiger partial charge in [0, 0.05) is 23.8 Å². The Balaban J connectivity index is 1.94. The number of piperidine rings is 1.